The van der Waals surface area contributed by atoms with Crippen molar-refractivity contribution < 1.29 is 4.74 Å². The van der Waals surface area contributed by atoms with E-state index in [4.69, 9.17) is 4.74 Å². The molecule has 0 aromatic rings. The van der Waals surface area contributed by atoms with E-state index in [-0.39, 0.29) is 0 Å². The van der Waals surface area contributed by atoms with Gasteiger partial charge in [-0.1, -0.05) is 12.8 Å². The molecule has 0 bridgehead atoms. The number of hydrogen-bond acceptors (Lipinski definition) is 3. The quantitative estimate of drug-likeness (QED) is 0.605. The van der Waals surface area contributed by atoms with Crippen molar-refractivity contribution in [2.24, 2.45) is 0 Å². The van der Waals surface area contributed by atoms with Crippen molar-refractivity contribution in [3.8, 4) is 0 Å². The molecule has 0 heterocycles. The molecule has 0 aromatic heterocycles. The Morgan fingerprint density at radius 3 is 2.50 bits per heavy atom. The van der Waals surface area contributed by atoms with Gasteiger partial charge in [-0.05, 0) is 19.8 Å². The first kappa shape index (κ1) is 12.0. The molecule has 1 rings (SSSR count). The van der Waals surface area contributed by atoms with Crippen LogP contribution in [0.3, 0.4) is 0 Å². The Bertz CT molecular complexity index is 144. The first-order chi connectivity index (χ1) is 6.77. The molecule has 1 saturated carbocycles. The fourth-order valence-corrected chi connectivity index (χ4v) is 2.08. The number of hydrogen-bond donors (Lipinski definition) is 2. The number of nitrogens with one attached hydrogen (secondary N) is 2. The molecule has 0 unspecified atom stereocenters. The van der Waals surface area contributed by atoms with E-state index < -0.39 is 0 Å². The van der Waals surface area contributed by atoms with Crippen LogP contribution >= 0.6 is 0 Å². The van der Waals surface area contributed by atoms with Gasteiger partial charge in [-0.25, -0.2) is 0 Å². The molecule has 14 heavy (non-hydrogen) atoms. The molecule has 84 valence electrons. The van der Waals surface area contributed by atoms with Crippen LogP contribution in [0.1, 0.15) is 32.6 Å². The lowest BCUT2D eigenvalue weighted by Crippen LogP contribution is -2.43. The predicted octanol–water partition coefficient (Wildman–Crippen LogP) is 1.14. The second kappa shape index (κ2) is 6.38. The van der Waals surface area contributed by atoms with E-state index in [0.29, 0.717) is 5.54 Å². The normalized spacial score (nSPS) is 20.1. The monoisotopic (exact) mass is 200 g/mol. The standard InChI is InChI=1S/C11H24N2O/c1-11(5-3-4-6-11)13-8-7-12-9-10-14-2/h12-13H,3-10H2,1-2H3. The molecular weight excluding hydrogens is 176 g/mol. The van der Waals surface area contributed by atoms with Crippen molar-refractivity contribution in [2.75, 3.05) is 33.4 Å². The molecule has 0 atom stereocenters. The Hall–Kier alpha value is -0.120. The molecule has 2 N–H and O–H groups in total. The van der Waals surface area contributed by atoms with E-state index in [1.807, 2.05) is 0 Å². The average Bonchev–Trinajstić information content (AvgIpc) is 2.59. The zero-order valence-electron chi connectivity index (χ0n) is 9.57. The zero-order valence-corrected chi connectivity index (χ0v) is 9.57. The first-order valence-corrected chi connectivity index (χ1v) is 5.71. The molecule has 3 heteroatoms. The maximum atomic E-state index is 4.96. The minimum atomic E-state index is 0.420. The van der Waals surface area contributed by atoms with E-state index in [9.17, 15) is 0 Å². The van der Waals surface area contributed by atoms with Crippen molar-refractivity contribution in [1.29, 1.82) is 0 Å². The van der Waals surface area contributed by atoms with Gasteiger partial charge >= 0.3 is 0 Å². The van der Waals surface area contributed by atoms with Crippen LogP contribution in [-0.4, -0.2) is 38.9 Å². The summed E-state index contributed by atoms with van der Waals surface area (Å²) in [6, 6.07) is 0. The highest BCUT2D eigenvalue weighted by Crippen LogP contribution is 2.28. The fraction of sp³-hybridized carbons (Fsp3) is 1.00. The summed E-state index contributed by atoms with van der Waals surface area (Å²) in [5.41, 5.74) is 0.420. The maximum absolute atomic E-state index is 4.96. The van der Waals surface area contributed by atoms with Gasteiger partial charge in [0.2, 0.25) is 0 Å². The molecule has 0 radical (unpaired) electrons. The van der Waals surface area contributed by atoms with Gasteiger partial charge in [-0.3, -0.25) is 0 Å². The molecule has 1 fully saturated rings. The van der Waals surface area contributed by atoms with Crippen LogP contribution < -0.4 is 10.6 Å². The smallest absolute Gasteiger partial charge is 0.0587 e. The maximum Gasteiger partial charge on any atom is 0.0587 e. The van der Waals surface area contributed by atoms with Gasteiger partial charge in [0, 0.05) is 32.3 Å². The third kappa shape index (κ3) is 4.40. The van der Waals surface area contributed by atoms with Gasteiger partial charge in [-0.15, -0.1) is 0 Å². The second-order valence-electron chi connectivity index (χ2n) is 4.44. The Morgan fingerprint density at radius 2 is 1.86 bits per heavy atom. The summed E-state index contributed by atoms with van der Waals surface area (Å²) in [6.07, 6.45) is 5.46. The van der Waals surface area contributed by atoms with Crippen LogP contribution in [0.4, 0.5) is 0 Å². The van der Waals surface area contributed by atoms with Crippen LogP contribution in [0.2, 0.25) is 0 Å². The fourth-order valence-electron chi connectivity index (χ4n) is 2.08. The first-order valence-electron chi connectivity index (χ1n) is 5.71. The predicted molar refractivity (Wildman–Crippen MR) is 59.6 cm³/mol. The van der Waals surface area contributed by atoms with Crippen molar-refractivity contribution in [1.82, 2.24) is 10.6 Å². The topological polar surface area (TPSA) is 33.3 Å². The Balaban J connectivity index is 1.92. The van der Waals surface area contributed by atoms with Crippen LogP contribution in [0.15, 0.2) is 0 Å². The molecule has 0 saturated heterocycles. The highest BCUT2D eigenvalue weighted by atomic mass is 16.5. The van der Waals surface area contributed by atoms with Crippen LogP contribution in [0, 0.1) is 0 Å². The van der Waals surface area contributed by atoms with Crippen molar-refractivity contribution in [3.05, 3.63) is 0 Å². The third-order valence-electron chi connectivity index (χ3n) is 3.04. The number of rotatable bonds is 7. The Morgan fingerprint density at radius 1 is 1.14 bits per heavy atom. The van der Waals surface area contributed by atoms with Crippen molar-refractivity contribution >= 4 is 0 Å². The molecule has 0 aliphatic heterocycles. The van der Waals surface area contributed by atoms with E-state index in [1.54, 1.807) is 7.11 Å². The van der Waals surface area contributed by atoms with Gasteiger partial charge in [0.15, 0.2) is 0 Å². The lowest BCUT2D eigenvalue weighted by Gasteiger charge is -2.25. The Kier molecular flexibility index (Phi) is 5.45. The molecule has 0 aromatic carbocycles. The SMILES string of the molecule is COCCNCCNC1(C)CCCC1. The van der Waals surface area contributed by atoms with Crippen LogP contribution in [-0.2, 0) is 4.74 Å². The van der Waals surface area contributed by atoms with Gasteiger partial charge < -0.3 is 15.4 Å². The van der Waals surface area contributed by atoms with E-state index in [1.165, 1.54) is 25.7 Å². The van der Waals surface area contributed by atoms with Gasteiger partial charge in [-0.2, -0.15) is 0 Å². The second-order valence-corrected chi connectivity index (χ2v) is 4.44. The summed E-state index contributed by atoms with van der Waals surface area (Å²) in [4.78, 5) is 0. The van der Waals surface area contributed by atoms with Crippen molar-refractivity contribution in [2.45, 2.75) is 38.1 Å². The minimum absolute atomic E-state index is 0.420. The van der Waals surface area contributed by atoms with Crippen LogP contribution in [0.25, 0.3) is 0 Å². The summed E-state index contributed by atoms with van der Waals surface area (Å²) in [7, 11) is 1.74. The summed E-state index contributed by atoms with van der Waals surface area (Å²) >= 11 is 0. The molecule has 3 nitrogen and oxygen atoms in total. The zero-order chi connectivity index (χ0) is 10.3. The van der Waals surface area contributed by atoms with Gasteiger partial charge in [0.05, 0.1) is 6.61 Å². The molecule has 1 aliphatic carbocycles. The minimum Gasteiger partial charge on any atom is -0.383 e. The summed E-state index contributed by atoms with van der Waals surface area (Å²) in [5.74, 6) is 0. The molecular formula is C11H24N2O. The highest BCUT2D eigenvalue weighted by Gasteiger charge is 2.27. The largest absolute Gasteiger partial charge is 0.383 e. The lowest BCUT2D eigenvalue weighted by molar-refractivity contribution is 0.199. The third-order valence-corrected chi connectivity index (χ3v) is 3.04. The molecule has 0 amide bonds. The van der Waals surface area contributed by atoms with Crippen molar-refractivity contribution in [3.63, 3.8) is 0 Å². The average molecular weight is 200 g/mol. The van der Waals surface area contributed by atoms with Crippen LogP contribution in [0.5, 0.6) is 0 Å². The highest BCUT2D eigenvalue weighted by molar-refractivity contribution is 4.87. The van der Waals surface area contributed by atoms with E-state index >= 15 is 0 Å². The summed E-state index contributed by atoms with van der Waals surface area (Å²) in [6.45, 7) is 6.21. The number of methoxy groups -OCH3 is 1. The summed E-state index contributed by atoms with van der Waals surface area (Å²) in [5, 5.41) is 6.97. The van der Waals surface area contributed by atoms with Gasteiger partial charge in [0.25, 0.3) is 0 Å². The lowest BCUT2D eigenvalue weighted by atomic mass is 10.0. The van der Waals surface area contributed by atoms with E-state index in [0.717, 1.165) is 26.2 Å². The molecule has 0 spiro atoms. The Labute approximate surface area is 87.6 Å². The van der Waals surface area contributed by atoms with E-state index in [2.05, 4.69) is 17.6 Å². The summed E-state index contributed by atoms with van der Waals surface area (Å²) < 4.78 is 4.96. The van der Waals surface area contributed by atoms with Gasteiger partial charge in [0.1, 0.15) is 0 Å². The number of ether oxygens (including phenoxy) is 1. The molecule has 1 aliphatic rings.